The first-order chi connectivity index (χ1) is 9.64. The molecule has 0 heterocycles. The molecule has 0 unspecified atom stereocenters. The summed E-state index contributed by atoms with van der Waals surface area (Å²) in [5, 5.41) is 0. The van der Waals surface area contributed by atoms with Crippen LogP contribution in [0, 0.1) is 0 Å². The van der Waals surface area contributed by atoms with Gasteiger partial charge in [0.15, 0.2) is 0 Å². The predicted molar refractivity (Wildman–Crippen MR) is 82.5 cm³/mol. The lowest BCUT2D eigenvalue weighted by atomic mass is 10.1. The third-order valence-electron chi connectivity index (χ3n) is 3.57. The molecule has 0 aliphatic carbocycles. The van der Waals surface area contributed by atoms with Crippen molar-refractivity contribution < 1.29 is 17.9 Å². The fourth-order valence-corrected chi connectivity index (χ4v) is 2.86. The summed E-state index contributed by atoms with van der Waals surface area (Å²) < 4.78 is 37.7. The highest BCUT2D eigenvalue weighted by Gasteiger charge is 2.26. The van der Waals surface area contributed by atoms with Gasteiger partial charge in [0, 0.05) is 18.2 Å². The monoisotopic (exact) mass is 316 g/mol. The summed E-state index contributed by atoms with van der Waals surface area (Å²) in [4.78, 5) is 2.06. The van der Waals surface area contributed by atoms with E-state index in [-0.39, 0.29) is 22.7 Å². The maximum Gasteiger partial charge on any atom is 0.244 e. The van der Waals surface area contributed by atoms with E-state index in [9.17, 15) is 8.42 Å². The molecule has 0 spiro atoms. The first kappa shape index (κ1) is 17.7. The Balaban J connectivity index is 3.03. The van der Waals surface area contributed by atoms with Crippen molar-refractivity contribution in [3.63, 3.8) is 0 Å². The third-order valence-corrected chi connectivity index (χ3v) is 5.01. The maximum atomic E-state index is 12.4. The predicted octanol–water partition coefficient (Wildman–Crippen LogP) is 1.32. The standard InChI is InChI=1S/C14H24N2O4S/c1-14(2,16(3)4)10-15-21(17,18)13-8-7-11(19-5)9-12(13)20-6/h7-9,15H,10H2,1-6H3. The number of nitrogens with zero attached hydrogens (tertiary/aromatic N) is 1. The van der Waals surface area contributed by atoms with Crippen LogP contribution in [0.15, 0.2) is 23.1 Å². The largest absolute Gasteiger partial charge is 0.497 e. The van der Waals surface area contributed by atoms with Gasteiger partial charge in [0.25, 0.3) is 0 Å². The van der Waals surface area contributed by atoms with Gasteiger partial charge in [-0.3, -0.25) is 0 Å². The number of likely N-dealkylation sites (N-methyl/N-ethyl adjacent to an activating group) is 1. The molecule has 0 aliphatic heterocycles. The van der Waals surface area contributed by atoms with Crippen molar-refractivity contribution in [1.82, 2.24) is 9.62 Å². The van der Waals surface area contributed by atoms with Gasteiger partial charge in [-0.25, -0.2) is 13.1 Å². The quantitative estimate of drug-likeness (QED) is 0.822. The van der Waals surface area contributed by atoms with E-state index in [0.717, 1.165) is 0 Å². The number of sulfonamides is 1. The number of ether oxygens (including phenoxy) is 2. The van der Waals surface area contributed by atoms with Crippen LogP contribution in [0.25, 0.3) is 0 Å². The van der Waals surface area contributed by atoms with Crippen molar-refractivity contribution in [3.05, 3.63) is 18.2 Å². The van der Waals surface area contributed by atoms with Crippen LogP contribution in [0.3, 0.4) is 0 Å². The Morgan fingerprint density at radius 3 is 2.29 bits per heavy atom. The van der Waals surface area contributed by atoms with Crippen molar-refractivity contribution in [1.29, 1.82) is 0 Å². The van der Waals surface area contributed by atoms with Gasteiger partial charge in [-0.1, -0.05) is 0 Å². The minimum Gasteiger partial charge on any atom is -0.497 e. The highest BCUT2D eigenvalue weighted by Crippen LogP contribution is 2.28. The van der Waals surface area contributed by atoms with Gasteiger partial charge < -0.3 is 14.4 Å². The molecule has 0 saturated heterocycles. The second-order valence-corrected chi connectivity index (χ2v) is 7.28. The fraction of sp³-hybridized carbons (Fsp3) is 0.571. The first-order valence-electron chi connectivity index (χ1n) is 6.53. The van der Waals surface area contributed by atoms with Crippen molar-refractivity contribution >= 4 is 10.0 Å². The summed E-state index contributed by atoms with van der Waals surface area (Å²) in [6.07, 6.45) is 0. The van der Waals surface area contributed by atoms with Crippen molar-refractivity contribution in [2.75, 3.05) is 34.9 Å². The summed E-state index contributed by atoms with van der Waals surface area (Å²) in [5.74, 6) is 0.795. The molecule has 1 aromatic rings. The van der Waals surface area contributed by atoms with Crippen LogP contribution in [0.1, 0.15) is 13.8 Å². The molecule has 7 heteroatoms. The Hall–Kier alpha value is -1.31. The SMILES string of the molecule is COc1ccc(S(=O)(=O)NCC(C)(C)N(C)C)c(OC)c1. The lowest BCUT2D eigenvalue weighted by molar-refractivity contribution is 0.199. The number of methoxy groups -OCH3 is 2. The smallest absolute Gasteiger partial charge is 0.244 e. The zero-order valence-corrected chi connectivity index (χ0v) is 14.2. The second-order valence-electron chi connectivity index (χ2n) is 5.55. The second kappa shape index (κ2) is 6.64. The highest BCUT2D eigenvalue weighted by molar-refractivity contribution is 7.89. The van der Waals surface area contributed by atoms with Gasteiger partial charge in [-0.2, -0.15) is 0 Å². The molecular formula is C14H24N2O4S. The molecule has 120 valence electrons. The lowest BCUT2D eigenvalue weighted by Gasteiger charge is -2.32. The molecule has 1 N–H and O–H groups in total. The van der Waals surface area contributed by atoms with Gasteiger partial charge in [0.2, 0.25) is 10.0 Å². The van der Waals surface area contributed by atoms with Gasteiger partial charge in [-0.15, -0.1) is 0 Å². The van der Waals surface area contributed by atoms with Crippen LogP contribution in [-0.4, -0.2) is 53.7 Å². The maximum absolute atomic E-state index is 12.4. The van der Waals surface area contributed by atoms with Crippen LogP contribution in [-0.2, 0) is 10.0 Å². The van der Waals surface area contributed by atoms with E-state index in [4.69, 9.17) is 9.47 Å². The number of hydrogen-bond donors (Lipinski definition) is 1. The van der Waals surface area contributed by atoms with Crippen molar-refractivity contribution in [2.45, 2.75) is 24.3 Å². The van der Waals surface area contributed by atoms with E-state index in [1.165, 1.54) is 20.3 Å². The average Bonchev–Trinajstić information content (AvgIpc) is 2.44. The van der Waals surface area contributed by atoms with Crippen LogP contribution in [0.5, 0.6) is 11.5 Å². The molecule has 0 atom stereocenters. The Morgan fingerprint density at radius 2 is 1.81 bits per heavy atom. The average molecular weight is 316 g/mol. The topological polar surface area (TPSA) is 67.9 Å². The summed E-state index contributed by atoms with van der Waals surface area (Å²) in [5.41, 5.74) is -0.299. The summed E-state index contributed by atoms with van der Waals surface area (Å²) in [7, 11) is 3.10. The number of benzene rings is 1. The van der Waals surface area contributed by atoms with Crippen LogP contribution in [0.2, 0.25) is 0 Å². The van der Waals surface area contributed by atoms with Crippen molar-refractivity contribution in [2.24, 2.45) is 0 Å². The molecule has 21 heavy (non-hydrogen) atoms. The molecule has 0 fully saturated rings. The van der Waals surface area contributed by atoms with E-state index < -0.39 is 10.0 Å². The van der Waals surface area contributed by atoms with Crippen LogP contribution >= 0.6 is 0 Å². The van der Waals surface area contributed by atoms with Gasteiger partial charge in [0.05, 0.1) is 14.2 Å². The van der Waals surface area contributed by atoms with Gasteiger partial charge >= 0.3 is 0 Å². The molecule has 1 rings (SSSR count). The minimum absolute atomic E-state index is 0.0976. The van der Waals surface area contributed by atoms with E-state index in [1.54, 1.807) is 12.1 Å². The Bertz CT molecular complexity index is 583. The molecule has 0 saturated carbocycles. The minimum atomic E-state index is -3.65. The highest BCUT2D eigenvalue weighted by atomic mass is 32.2. The van der Waals surface area contributed by atoms with E-state index in [1.807, 2.05) is 32.8 Å². The van der Waals surface area contributed by atoms with Gasteiger partial charge in [0.1, 0.15) is 16.4 Å². The number of rotatable bonds is 7. The molecular weight excluding hydrogens is 292 g/mol. The molecule has 0 aromatic heterocycles. The number of nitrogens with one attached hydrogen (secondary N) is 1. The van der Waals surface area contributed by atoms with Crippen LogP contribution < -0.4 is 14.2 Å². The lowest BCUT2D eigenvalue weighted by Crippen LogP contribution is -2.48. The van der Waals surface area contributed by atoms with Gasteiger partial charge in [-0.05, 0) is 40.1 Å². The molecule has 0 aliphatic rings. The molecule has 0 radical (unpaired) electrons. The normalized spacial score (nSPS) is 12.5. The van der Waals surface area contributed by atoms with E-state index in [2.05, 4.69) is 4.72 Å². The Kier molecular flexibility index (Phi) is 5.61. The van der Waals surface area contributed by atoms with Crippen molar-refractivity contribution in [3.8, 4) is 11.5 Å². The zero-order chi connectivity index (χ0) is 16.3. The number of hydrogen-bond acceptors (Lipinski definition) is 5. The Labute approximate surface area is 127 Å². The first-order valence-corrected chi connectivity index (χ1v) is 8.01. The molecule has 0 bridgehead atoms. The van der Waals surface area contributed by atoms with Crippen LogP contribution in [0.4, 0.5) is 0 Å². The van der Waals surface area contributed by atoms with E-state index in [0.29, 0.717) is 5.75 Å². The molecule has 0 amide bonds. The summed E-state index contributed by atoms with van der Waals surface area (Å²) >= 11 is 0. The third kappa shape index (κ3) is 4.33. The Morgan fingerprint density at radius 1 is 1.19 bits per heavy atom. The fourth-order valence-electron chi connectivity index (χ4n) is 1.50. The molecule has 1 aromatic carbocycles. The summed E-state index contributed by atoms with van der Waals surface area (Å²) in [6.45, 7) is 4.21. The van der Waals surface area contributed by atoms with E-state index >= 15 is 0 Å². The summed E-state index contributed by atoms with van der Waals surface area (Å²) in [6, 6.07) is 4.61. The zero-order valence-electron chi connectivity index (χ0n) is 13.4. The molecule has 6 nitrogen and oxygen atoms in total.